The summed E-state index contributed by atoms with van der Waals surface area (Å²) in [7, 11) is -2.04. The highest BCUT2D eigenvalue weighted by Crippen LogP contribution is 2.54. The summed E-state index contributed by atoms with van der Waals surface area (Å²) in [6, 6.07) is 27.6. The molecule has 4 aromatic rings. The number of hydrogen-bond acceptors (Lipinski definition) is 5. The molecule has 1 aliphatic rings. The first-order chi connectivity index (χ1) is 17.0. The monoisotopic (exact) mass is 502 g/mol. The van der Waals surface area contributed by atoms with Crippen LogP contribution in [0.4, 0.5) is 11.4 Å². The maximum absolute atomic E-state index is 12.9. The second kappa shape index (κ2) is 10.3. The van der Waals surface area contributed by atoms with E-state index in [1.165, 1.54) is 0 Å². The molecule has 1 radical (unpaired) electrons. The van der Waals surface area contributed by atoms with Gasteiger partial charge in [0, 0.05) is 49.9 Å². The lowest BCUT2D eigenvalue weighted by Gasteiger charge is -2.40. The van der Waals surface area contributed by atoms with E-state index in [2.05, 4.69) is 22.3 Å². The number of nitrogens with zero attached hydrogens (tertiary/aromatic N) is 1. The second-order valence-electron chi connectivity index (χ2n) is 8.91. The van der Waals surface area contributed by atoms with Gasteiger partial charge in [0.15, 0.2) is 0 Å². The molecule has 0 bridgehead atoms. The lowest BCUT2D eigenvalue weighted by atomic mass is 10.1. The molecule has 5 nitrogen and oxygen atoms in total. The molecule has 1 saturated heterocycles. The number of carbonyl (C=O) groups excluding carboxylic acids is 1. The van der Waals surface area contributed by atoms with Gasteiger partial charge in [-0.3, -0.25) is 9.69 Å². The molecule has 5 rings (SSSR count). The molecule has 3 aromatic carbocycles. The number of carbonyl (C=O) groups is 1. The molecule has 35 heavy (non-hydrogen) atoms. The number of amides is 1. The topological polar surface area (TPSA) is 78.6 Å². The van der Waals surface area contributed by atoms with Crippen LogP contribution in [0.1, 0.15) is 15.9 Å². The van der Waals surface area contributed by atoms with Crippen LogP contribution in [0.3, 0.4) is 0 Å². The number of nitrogens with one attached hydrogen (secondary N) is 1. The predicted octanol–water partition coefficient (Wildman–Crippen LogP) is 5.32. The van der Waals surface area contributed by atoms with Crippen molar-refractivity contribution in [1.82, 2.24) is 4.90 Å². The van der Waals surface area contributed by atoms with E-state index >= 15 is 0 Å². The first-order valence-corrected chi connectivity index (χ1v) is 14.7. The molecule has 179 valence electrons. The molecule has 2 heterocycles. The standard InChI is InChI=1S/C28H29N3O2PS/c29-25-13-12-23(27-7-4-18-35-27)19-26(25)30-28(32)22-10-8-21(9-11-22)20-31-14-16-34(33,17-15-31)24-5-2-1-3-6-24/h1-13,18-19,33H,14-17,20,29H2,(H,30,32). The summed E-state index contributed by atoms with van der Waals surface area (Å²) in [5.74, 6) is -0.178. The van der Waals surface area contributed by atoms with Crippen LogP contribution in [0, 0.1) is 0 Å². The highest BCUT2D eigenvalue weighted by molar-refractivity contribution is 7.77. The summed E-state index contributed by atoms with van der Waals surface area (Å²) in [6.45, 7) is 2.56. The van der Waals surface area contributed by atoms with Gasteiger partial charge in [0.05, 0.1) is 11.4 Å². The first kappa shape index (κ1) is 23.7. The van der Waals surface area contributed by atoms with Gasteiger partial charge in [-0.25, -0.2) is 0 Å². The Bertz CT molecular complexity index is 1290. The molecular weight excluding hydrogens is 473 g/mol. The molecule has 7 heteroatoms. The lowest BCUT2D eigenvalue weighted by molar-refractivity contribution is 0.102. The zero-order chi connectivity index (χ0) is 24.3. The molecule has 0 unspecified atom stereocenters. The minimum absolute atomic E-state index is 0.178. The highest BCUT2D eigenvalue weighted by Gasteiger charge is 2.31. The molecule has 1 amide bonds. The normalized spacial score (nSPS) is 15.6. The quantitative estimate of drug-likeness (QED) is 0.247. The molecule has 4 N–H and O–H groups in total. The van der Waals surface area contributed by atoms with Gasteiger partial charge in [-0.1, -0.05) is 54.6 Å². The van der Waals surface area contributed by atoms with Crippen molar-refractivity contribution in [1.29, 1.82) is 0 Å². The van der Waals surface area contributed by atoms with E-state index in [4.69, 9.17) is 5.73 Å². The number of benzene rings is 3. The Morgan fingerprint density at radius 2 is 1.71 bits per heavy atom. The zero-order valence-electron chi connectivity index (χ0n) is 19.4. The Kier molecular flexibility index (Phi) is 6.98. The molecule has 1 fully saturated rings. The summed E-state index contributed by atoms with van der Waals surface area (Å²) in [5, 5.41) is 6.10. The fraction of sp³-hybridized carbons (Fsp3) is 0.179. The first-order valence-electron chi connectivity index (χ1n) is 11.7. The van der Waals surface area contributed by atoms with Crippen molar-refractivity contribution in [2.75, 3.05) is 36.5 Å². The van der Waals surface area contributed by atoms with Crippen molar-refractivity contribution < 1.29 is 9.69 Å². The smallest absolute Gasteiger partial charge is 0.255 e. The summed E-state index contributed by atoms with van der Waals surface area (Å²) in [5.41, 5.74) is 10.1. The van der Waals surface area contributed by atoms with Gasteiger partial charge >= 0.3 is 0 Å². The maximum atomic E-state index is 12.9. The minimum atomic E-state index is -2.04. The average molecular weight is 503 g/mol. The van der Waals surface area contributed by atoms with Gasteiger partial charge in [0.25, 0.3) is 5.91 Å². The average Bonchev–Trinajstić information content (AvgIpc) is 3.43. The van der Waals surface area contributed by atoms with Gasteiger partial charge in [-0.2, -0.15) is 0 Å². The minimum Gasteiger partial charge on any atom is -0.397 e. The highest BCUT2D eigenvalue weighted by atomic mass is 32.1. The van der Waals surface area contributed by atoms with Crippen LogP contribution in [0.2, 0.25) is 0 Å². The number of anilines is 2. The van der Waals surface area contributed by atoms with Crippen LogP contribution >= 0.6 is 18.8 Å². The van der Waals surface area contributed by atoms with Crippen molar-refractivity contribution in [3.05, 3.63) is 101 Å². The van der Waals surface area contributed by atoms with E-state index in [9.17, 15) is 9.69 Å². The zero-order valence-corrected chi connectivity index (χ0v) is 21.1. The fourth-order valence-electron chi connectivity index (χ4n) is 4.43. The molecule has 0 spiro atoms. The SMILES string of the molecule is Nc1ccc(-c2cccs2)cc1NC(=O)c1ccc(CN2CC[P](O)(c3ccccc3)CC2)cc1. The van der Waals surface area contributed by atoms with Crippen LogP contribution in [0.5, 0.6) is 0 Å². The Morgan fingerprint density at radius 3 is 2.40 bits per heavy atom. The van der Waals surface area contributed by atoms with Gasteiger partial charge in [0.2, 0.25) is 0 Å². The van der Waals surface area contributed by atoms with E-state index in [1.807, 2.05) is 78.2 Å². The van der Waals surface area contributed by atoms with Crippen LogP contribution < -0.4 is 16.4 Å². The molecular formula is C28H29N3O2PS. The van der Waals surface area contributed by atoms with Crippen LogP contribution in [0.15, 0.2) is 90.3 Å². The van der Waals surface area contributed by atoms with Crippen molar-refractivity contribution in [3.8, 4) is 10.4 Å². The molecule has 1 aliphatic heterocycles. The molecule has 0 atom stereocenters. The van der Waals surface area contributed by atoms with Gasteiger partial charge in [0.1, 0.15) is 0 Å². The van der Waals surface area contributed by atoms with E-state index < -0.39 is 7.49 Å². The second-order valence-corrected chi connectivity index (χ2v) is 13.1. The predicted molar refractivity (Wildman–Crippen MR) is 149 cm³/mol. The van der Waals surface area contributed by atoms with Crippen LogP contribution in [-0.2, 0) is 6.54 Å². The Hall–Kier alpha value is -3.02. The lowest BCUT2D eigenvalue weighted by Crippen LogP contribution is -2.38. The van der Waals surface area contributed by atoms with Gasteiger partial charge in [-0.15, -0.1) is 11.3 Å². The number of nitrogen functional groups attached to an aromatic ring is 1. The van der Waals surface area contributed by atoms with Crippen molar-refractivity contribution in [2.24, 2.45) is 0 Å². The number of thiophene rings is 1. The Morgan fingerprint density at radius 1 is 0.971 bits per heavy atom. The van der Waals surface area contributed by atoms with E-state index in [0.29, 0.717) is 16.9 Å². The van der Waals surface area contributed by atoms with E-state index in [0.717, 1.165) is 53.3 Å². The van der Waals surface area contributed by atoms with E-state index in [1.54, 1.807) is 11.3 Å². The van der Waals surface area contributed by atoms with Gasteiger partial charge in [-0.05, 0) is 52.1 Å². The third kappa shape index (κ3) is 5.47. The number of hydrogen-bond donors (Lipinski definition) is 3. The van der Waals surface area contributed by atoms with Crippen LogP contribution in [-0.4, -0.2) is 41.1 Å². The molecule has 0 saturated carbocycles. The van der Waals surface area contributed by atoms with Crippen molar-refractivity contribution in [3.63, 3.8) is 0 Å². The number of rotatable bonds is 6. The van der Waals surface area contributed by atoms with Crippen molar-refractivity contribution >= 4 is 41.4 Å². The largest absolute Gasteiger partial charge is 0.397 e. The van der Waals surface area contributed by atoms with Gasteiger partial charge < -0.3 is 15.9 Å². The third-order valence-corrected chi connectivity index (χ3v) is 10.6. The molecule has 0 aliphatic carbocycles. The summed E-state index contributed by atoms with van der Waals surface area (Å²) in [6.07, 6.45) is 1.65. The summed E-state index contributed by atoms with van der Waals surface area (Å²) >= 11 is 1.65. The molecule has 1 aromatic heterocycles. The van der Waals surface area contributed by atoms with Crippen LogP contribution in [0.25, 0.3) is 10.4 Å². The Labute approximate surface area is 210 Å². The summed E-state index contributed by atoms with van der Waals surface area (Å²) in [4.78, 5) is 27.5. The summed E-state index contributed by atoms with van der Waals surface area (Å²) < 4.78 is 0. The maximum Gasteiger partial charge on any atom is 0.255 e. The van der Waals surface area contributed by atoms with E-state index in [-0.39, 0.29) is 5.91 Å². The fourth-order valence-corrected chi connectivity index (χ4v) is 7.85. The number of nitrogens with two attached hydrogens (primary N) is 1. The third-order valence-electron chi connectivity index (χ3n) is 6.54. The Balaban J connectivity index is 1.19. The van der Waals surface area contributed by atoms with Crippen molar-refractivity contribution in [2.45, 2.75) is 6.54 Å².